The third kappa shape index (κ3) is 1.74. The van der Waals surface area contributed by atoms with Crippen molar-refractivity contribution in [2.75, 3.05) is 0 Å². The van der Waals surface area contributed by atoms with Crippen molar-refractivity contribution in [1.82, 2.24) is 0 Å². The van der Waals surface area contributed by atoms with Crippen molar-refractivity contribution in [3.63, 3.8) is 0 Å². The highest BCUT2D eigenvalue weighted by Crippen LogP contribution is 2.67. The zero-order valence-corrected chi connectivity index (χ0v) is 15.0. The van der Waals surface area contributed by atoms with Crippen molar-refractivity contribution in [1.29, 1.82) is 0 Å². The van der Waals surface area contributed by atoms with E-state index < -0.39 is 0 Å². The summed E-state index contributed by atoms with van der Waals surface area (Å²) in [7, 11) is 0. The predicted molar refractivity (Wildman–Crippen MR) is 92.4 cm³/mol. The Hall–Kier alpha value is -1.38. The quantitative estimate of drug-likeness (QED) is 0.717. The lowest BCUT2D eigenvalue weighted by atomic mass is 9.44. The van der Waals surface area contributed by atoms with Crippen LogP contribution < -0.4 is 0 Å². The molecule has 4 rings (SSSR count). The Kier molecular flexibility index (Phi) is 3.24. The van der Waals surface area contributed by atoms with E-state index in [4.69, 9.17) is 0 Å². The minimum Gasteiger partial charge on any atom is -0.504 e. The van der Waals surface area contributed by atoms with Crippen molar-refractivity contribution < 1.29 is 14.7 Å². The molecule has 0 radical (unpaired) electrons. The van der Waals surface area contributed by atoms with Gasteiger partial charge in [-0.05, 0) is 54.9 Å². The predicted octanol–water partition coefficient (Wildman–Crippen LogP) is 4.39. The van der Waals surface area contributed by atoms with Crippen LogP contribution in [0.4, 0.5) is 0 Å². The fourth-order valence-corrected chi connectivity index (χ4v) is 6.78. The van der Waals surface area contributed by atoms with Gasteiger partial charge in [-0.3, -0.25) is 9.59 Å². The van der Waals surface area contributed by atoms with Gasteiger partial charge in [0.15, 0.2) is 11.5 Å². The van der Waals surface area contributed by atoms with Gasteiger partial charge < -0.3 is 5.11 Å². The van der Waals surface area contributed by atoms with Gasteiger partial charge in [0.25, 0.3) is 0 Å². The molecule has 130 valence electrons. The molecule has 3 saturated carbocycles. The summed E-state index contributed by atoms with van der Waals surface area (Å²) in [5, 5.41) is 10.5. The molecule has 3 nitrogen and oxygen atoms in total. The molecule has 0 aromatic heterocycles. The van der Waals surface area contributed by atoms with Crippen LogP contribution >= 0.6 is 0 Å². The SMILES string of the molecule is C=C1C2=C(O)C(=O)CC[C@]2(C)[C@@H]2CC[C@]3(C)C(=O)CC[C@H]3[C@@H]2C1C. The van der Waals surface area contributed by atoms with Crippen LogP contribution in [0, 0.1) is 34.5 Å². The molecule has 0 spiro atoms. The number of hydrogen-bond acceptors (Lipinski definition) is 3. The standard InChI is InChI=1S/C21H28O3/c1-11-12(2)18-19(24)15(22)8-10-21(18,4)14-7-9-20(3)13(17(11)14)5-6-16(20)23/h11,13-14,17,24H,2,5-10H2,1,3-4H3/t11?,13-,14+,17-,20-,21+/m0/s1. The molecule has 4 aliphatic rings. The van der Waals surface area contributed by atoms with Gasteiger partial charge in [0, 0.05) is 29.2 Å². The first-order chi connectivity index (χ1) is 11.2. The second-order valence-electron chi connectivity index (χ2n) is 9.09. The first-order valence-corrected chi connectivity index (χ1v) is 9.41. The summed E-state index contributed by atoms with van der Waals surface area (Å²) in [6.07, 6.45) is 4.91. The first kappa shape index (κ1) is 16.1. The fourth-order valence-electron chi connectivity index (χ4n) is 6.78. The minimum absolute atomic E-state index is 0.0325. The van der Waals surface area contributed by atoms with E-state index in [2.05, 4.69) is 27.4 Å². The molecule has 0 aliphatic heterocycles. The molecule has 3 fully saturated rings. The van der Waals surface area contributed by atoms with Crippen LogP contribution in [0.15, 0.2) is 23.5 Å². The van der Waals surface area contributed by atoms with Crippen LogP contribution in [0.5, 0.6) is 0 Å². The normalized spacial score (nSPS) is 48.2. The molecule has 0 amide bonds. The molecule has 6 atom stereocenters. The summed E-state index contributed by atoms with van der Waals surface area (Å²) < 4.78 is 0. The number of aliphatic hydroxyl groups excluding tert-OH is 1. The maximum atomic E-state index is 12.5. The van der Waals surface area contributed by atoms with E-state index in [1.807, 2.05) is 0 Å². The Morgan fingerprint density at radius 3 is 2.42 bits per heavy atom. The van der Waals surface area contributed by atoms with Crippen molar-refractivity contribution in [3.8, 4) is 0 Å². The van der Waals surface area contributed by atoms with Crippen LogP contribution in [0.25, 0.3) is 0 Å². The number of aliphatic hydroxyl groups is 1. The third-order valence-corrected chi connectivity index (χ3v) is 8.25. The van der Waals surface area contributed by atoms with E-state index in [0.29, 0.717) is 36.4 Å². The van der Waals surface area contributed by atoms with E-state index in [-0.39, 0.29) is 28.3 Å². The molecule has 0 bridgehead atoms. The van der Waals surface area contributed by atoms with Crippen LogP contribution in [0.1, 0.15) is 59.3 Å². The molecule has 0 saturated heterocycles. The fraction of sp³-hybridized carbons (Fsp3) is 0.714. The van der Waals surface area contributed by atoms with E-state index in [1.165, 1.54) is 0 Å². The van der Waals surface area contributed by atoms with Gasteiger partial charge in [0.05, 0.1) is 0 Å². The smallest absolute Gasteiger partial charge is 0.197 e. The molecule has 24 heavy (non-hydrogen) atoms. The maximum Gasteiger partial charge on any atom is 0.197 e. The van der Waals surface area contributed by atoms with E-state index in [9.17, 15) is 14.7 Å². The van der Waals surface area contributed by atoms with Gasteiger partial charge in [-0.1, -0.05) is 27.4 Å². The number of rotatable bonds is 0. The maximum absolute atomic E-state index is 12.5. The van der Waals surface area contributed by atoms with Gasteiger partial charge in [0.2, 0.25) is 0 Å². The average molecular weight is 328 g/mol. The number of hydrogen-bond donors (Lipinski definition) is 1. The topological polar surface area (TPSA) is 54.4 Å². The summed E-state index contributed by atoms with van der Waals surface area (Å²) in [6, 6.07) is 0. The first-order valence-electron chi connectivity index (χ1n) is 9.41. The summed E-state index contributed by atoms with van der Waals surface area (Å²) in [5.74, 6) is 1.80. The summed E-state index contributed by atoms with van der Waals surface area (Å²) in [4.78, 5) is 24.6. The van der Waals surface area contributed by atoms with Crippen molar-refractivity contribution in [3.05, 3.63) is 23.5 Å². The van der Waals surface area contributed by atoms with Crippen LogP contribution in [0.2, 0.25) is 0 Å². The Bertz CT molecular complexity index is 687. The molecular formula is C21H28O3. The van der Waals surface area contributed by atoms with Crippen molar-refractivity contribution in [2.24, 2.45) is 34.5 Å². The summed E-state index contributed by atoms with van der Waals surface area (Å²) in [6.45, 7) is 10.9. The molecule has 1 N–H and O–H groups in total. The molecule has 0 aromatic rings. The monoisotopic (exact) mass is 328 g/mol. The number of allylic oxidation sites excluding steroid dienone is 2. The minimum atomic E-state index is -0.167. The lowest BCUT2D eigenvalue weighted by Crippen LogP contribution is -2.54. The number of carbonyl (C=O) groups excluding carboxylic acids is 2. The average Bonchev–Trinajstić information content (AvgIpc) is 2.84. The molecule has 3 heteroatoms. The Morgan fingerprint density at radius 1 is 1.04 bits per heavy atom. The van der Waals surface area contributed by atoms with Crippen molar-refractivity contribution >= 4 is 11.6 Å². The molecule has 0 aromatic carbocycles. The highest BCUT2D eigenvalue weighted by atomic mass is 16.3. The van der Waals surface area contributed by atoms with Crippen LogP contribution in [-0.4, -0.2) is 16.7 Å². The zero-order valence-electron chi connectivity index (χ0n) is 15.0. The number of Topliss-reactive ketones (excluding diaryl/α,β-unsaturated/α-hetero) is 2. The molecular weight excluding hydrogens is 300 g/mol. The van der Waals surface area contributed by atoms with Crippen LogP contribution in [0.3, 0.4) is 0 Å². The van der Waals surface area contributed by atoms with Crippen molar-refractivity contribution in [2.45, 2.75) is 59.3 Å². The largest absolute Gasteiger partial charge is 0.504 e. The number of fused-ring (bicyclic) bond motifs is 5. The second-order valence-corrected chi connectivity index (χ2v) is 9.09. The molecule has 4 aliphatic carbocycles. The zero-order chi connectivity index (χ0) is 17.4. The Labute approximate surface area is 144 Å². The van der Waals surface area contributed by atoms with E-state index >= 15 is 0 Å². The Balaban J connectivity index is 1.84. The lowest BCUT2D eigenvalue weighted by Gasteiger charge is -2.59. The number of ketones is 2. The summed E-state index contributed by atoms with van der Waals surface area (Å²) >= 11 is 0. The van der Waals surface area contributed by atoms with Gasteiger partial charge >= 0.3 is 0 Å². The molecule has 0 heterocycles. The highest BCUT2D eigenvalue weighted by Gasteiger charge is 2.62. The van der Waals surface area contributed by atoms with Gasteiger partial charge in [-0.15, -0.1) is 0 Å². The highest BCUT2D eigenvalue weighted by molar-refractivity contribution is 5.96. The Morgan fingerprint density at radius 2 is 1.71 bits per heavy atom. The van der Waals surface area contributed by atoms with Gasteiger partial charge in [-0.2, -0.15) is 0 Å². The summed E-state index contributed by atoms with van der Waals surface area (Å²) in [5.41, 5.74) is 1.44. The van der Waals surface area contributed by atoms with Crippen LogP contribution in [-0.2, 0) is 9.59 Å². The lowest BCUT2D eigenvalue weighted by molar-refractivity contribution is -0.133. The second kappa shape index (κ2) is 4.83. The number of carbonyl (C=O) groups is 2. The molecule has 1 unspecified atom stereocenters. The van der Waals surface area contributed by atoms with E-state index in [0.717, 1.165) is 36.8 Å². The van der Waals surface area contributed by atoms with Gasteiger partial charge in [-0.25, -0.2) is 0 Å². The third-order valence-electron chi connectivity index (χ3n) is 8.25. The van der Waals surface area contributed by atoms with E-state index in [1.54, 1.807) is 0 Å². The van der Waals surface area contributed by atoms with Gasteiger partial charge in [0.1, 0.15) is 5.78 Å².